The van der Waals surface area contributed by atoms with Crippen LogP contribution >= 0.6 is 0 Å². The normalized spacial score (nSPS) is 11.6. The Morgan fingerprint density at radius 3 is 2.67 bits per heavy atom. The summed E-state index contributed by atoms with van der Waals surface area (Å²) in [6.07, 6.45) is -0.172. The van der Waals surface area contributed by atoms with Gasteiger partial charge in [-0.25, -0.2) is 4.98 Å². The lowest BCUT2D eigenvalue weighted by molar-refractivity contribution is -0.138. The topological polar surface area (TPSA) is 105 Å². The molecule has 0 spiro atoms. The summed E-state index contributed by atoms with van der Waals surface area (Å²) in [6.45, 7) is 6.79. The highest BCUT2D eigenvalue weighted by atomic mass is 16.5. The van der Waals surface area contributed by atoms with Gasteiger partial charge >= 0.3 is 5.97 Å². The minimum Gasteiger partial charge on any atom is -0.481 e. The smallest absolute Gasteiger partial charge is 0.305 e. The van der Waals surface area contributed by atoms with E-state index in [9.17, 15) is 9.59 Å². The molecule has 7 heteroatoms. The lowest BCUT2D eigenvalue weighted by Gasteiger charge is -2.24. The fourth-order valence-corrected chi connectivity index (χ4v) is 2.19. The molecule has 0 atom stereocenters. The van der Waals surface area contributed by atoms with E-state index < -0.39 is 11.5 Å². The van der Waals surface area contributed by atoms with E-state index in [4.69, 9.17) is 9.63 Å². The van der Waals surface area contributed by atoms with Gasteiger partial charge in [0.25, 0.3) is 11.6 Å². The standard InChI is InChI=1S/C14H17N3O4/c1-7-5-9(11-8(2)17-21-13(11)15-7)12(20)16-14(3,4)6-10(18)19/h5H,6H2,1-4H3,(H,16,20)(H,18,19). The number of hydrogen-bond acceptors (Lipinski definition) is 5. The molecule has 2 rings (SSSR count). The second-order valence-corrected chi connectivity index (χ2v) is 5.67. The summed E-state index contributed by atoms with van der Waals surface area (Å²) in [5.41, 5.74) is 1.01. The van der Waals surface area contributed by atoms with Gasteiger partial charge in [-0.3, -0.25) is 9.59 Å². The van der Waals surface area contributed by atoms with Crippen LogP contribution < -0.4 is 5.32 Å². The quantitative estimate of drug-likeness (QED) is 0.890. The number of rotatable bonds is 4. The molecule has 0 saturated carbocycles. The van der Waals surface area contributed by atoms with Crippen molar-refractivity contribution in [3.63, 3.8) is 0 Å². The zero-order chi connectivity index (χ0) is 15.8. The lowest BCUT2D eigenvalue weighted by atomic mass is 9.99. The van der Waals surface area contributed by atoms with Crippen molar-refractivity contribution >= 4 is 23.0 Å². The highest BCUT2D eigenvalue weighted by Gasteiger charge is 2.26. The molecule has 2 heterocycles. The Hall–Kier alpha value is -2.44. The van der Waals surface area contributed by atoms with E-state index in [1.54, 1.807) is 33.8 Å². The number of carboxylic acid groups (broad SMARTS) is 1. The Balaban J connectivity index is 2.40. The number of carbonyl (C=O) groups is 2. The van der Waals surface area contributed by atoms with Crippen LogP contribution in [-0.2, 0) is 4.79 Å². The number of pyridine rings is 1. The van der Waals surface area contributed by atoms with Crippen LogP contribution in [0.1, 0.15) is 42.0 Å². The van der Waals surface area contributed by atoms with Crippen molar-refractivity contribution in [3.8, 4) is 0 Å². The van der Waals surface area contributed by atoms with E-state index in [1.807, 2.05) is 0 Å². The molecule has 0 aromatic carbocycles. The second-order valence-electron chi connectivity index (χ2n) is 5.67. The Morgan fingerprint density at radius 1 is 1.38 bits per heavy atom. The number of hydrogen-bond donors (Lipinski definition) is 2. The van der Waals surface area contributed by atoms with Gasteiger partial charge in [-0.05, 0) is 33.8 Å². The van der Waals surface area contributed by atoms with Gasteiger partial charge in [0.05, 0.1) is 23.1 Å². The Morgan fingerprint density at radius 2 is 2.05 bits per heavy atom. The van der Waals surface area contributed by atoms with Crippen LogP contribution in [0.4, 0.5) is 0 Å². The monoisotopic (exact) mass is 291 g/mol. The van der Waals surface area contributed by atoms with Gasteiger partial charge in [-0.1, -0.05) is 5.16 Å². The van der Waals surface area contributed by atoms with Crippen LogP contribution in [0.5, 0.6) is 0 Å². The van der Waals surface area contributed by atoms with E-state index in [-0.39, 0.29) is 12.3 Å². The molecule has 0 saturated heterocycles. The number of fused-ring (bicyclic) bond motifs is 1. The molecule has 21 heavy (non-hydrogen) atoms. The van der Waals surface area contributed by atoms with E-state index in [1.165, 1.54) is 0 Å². The van der Waals surface area contributed by atoms with E-state index in [0.717, 1.165) is 0 Å². The summed E-state index contributed by atoms with van der Waals surface area (Å²) < 4.78 is 5.08. The molecule has 1 amide bonds. The van der Waals surface area contributed by atoms with Crippen molar-refractivity contribution in [2.45, 2.75) is 39.7 Å². The van der Waals surface area contributed by atoms with Gasteiger partial charge in [-0.2, -0.15) is 0 Å². The summed E-state index contributed by atoms with van der Waals surface area (Å²) in [5, 5.41) is 16.0. The average molecular weight is 291 g/mol. The van der Waals surface area contributed by atoms with Gasteiger partial charge in [0.1, 0.15) is 0 Å². The van der Waals surface area contributed by atoms with Gasteiger partial charge in [0, 0.05) is 11.2 Å². The van der Waals surface area contributed by atoms with E-state index in [0.29, 0.717) is 28.1 Å². The van der Waals surface area contributed by atoms with Crippen LogP contribution in [0.2, 0.25) is 0 Å². The first-order valence-corrected chi connectivity index (χ1v) is 6.47. The number of aliphatic carboxylic acids is 1. The van der Waals surface area contributed by atoms with Crippen molar-refractivity contribution in [1.29, 1.82) is 0 Å². The molecule has 0 unspecified atom stereocenters. The first kappa shape index (κ1) is 15.0. The molecule has 0 fully saturated rings. The molecular formula is C14H17N3O4. The number of carboxylic acids is 1. The number of carbonyl (C=O) groups excluding carboxylic acids is 1. The third-order valence-corrected chi connectivity index (χ3v) is 3.03. The van der Waals surface area contributed by atoms with Crippen LogP contribution in [0.15, 0.2) is 10.6 Å². The van der Waals surface area contributed by atoms with Crippen LogP contribution in [-0.4, -0.2) is 32.7 Å². The van der Waals surface area contributed by atoms with Crippen molar-refractivity contribution in [1.82, 2.24) is 15.5 Å². The zero-order valence-corrected chi connectivity index (χ0v) is 12.4. The number of aromatic nitrogens is 2. The van der Waals surface area contributed by atoms with Gasteiger partial charge in [-0.15, -0.1) is 0 Å². The molecule has 0 bridgehead atoms. The molecule has 0 radical (unpaired) electrons. The fraction of sp³-hybridized carbons (Fsp3) is 0.429. The Bertz CT molecular complexity index is 718. The zero-order valence-electron chi connectivity index (χ0n) is 12.4. The number of nitrogens with zero attached hydrogens (tertiary/aromatic N) is 2. The van der Waals surface area contributed by atoms with E-state index in [2.05, 4.69) is 15.5 Å². The second kappa shape index (κ2) is 5.16. The first-order valence-electron chi connectivity index (χ1n) is 6.47. The molecule has 0 aliphatic heterocycles. The Kier molecular flexibility index (Phi) is 3.67. The van der Waals surface area contributed by atoms with Crippen molar-refractivity contribution < 1.29 is 19.2 Å². The summed E-state index contributed by atoms with van der Waals surface area (Å²) in [6, 6.07) is 1.64. The summed E-state index contributed by atoms with van der Waals surface area (Å²) >= 11 is 0. The van der Waals surface area contributed by atoms with Crippen molar-refractivity contribution in [3.05, 3.63) is 23.0 Å². The van der Waals surface area contributed by atoms with Crippen molar-refractivity contribution in [2.75, 3.05) is 0 Å². The number of amides is 1. The predicted molar refractivity (Wildman–Crippen MR) is 75.1 cm³/mol. The van der Waals surface area contributed by atoms with Crippen LogP contribution in [0.25, 0.3) is 11.1 Å². The minimum atomic E-state index is -0.975. The number of nitrogens with one attached hydrogen (secondary N) is 1. The predicted octanol–water partition coefficient (Wildman–Crippen LogP) is 1.82. The largest absolute Gasteiger partial charge is 0.481 e. The molecule has 2 aromatic rings. The lowest BCUT2D eigenvalue weighted by Crippen LogP contribution is -2.45. The van der Waals surface area contributed by atoms with Crippen LogP contribution in [0.3, 0.4) is 0 Å². The van der Waals surface area contributed by atoms with E-state index >= 15 is 0 Å². The maximum atomic E-state index is 12.5. The molecule has 2 aromatic heterocycles. The molecular weight excluding hydrogens is 274 g/mol. The van der Waals surface area contributed by atoms with Crippen LogP contribution in [0, 0.1) is 13.8 Å². The van der Waals surface area contributed by atoms with Gasteiger partial charge < -0.3 is 14.9 Å². The fourth-order valence-electron chi connectivity index (χ4n) is 2.19. The van der Waals surface area contributed by atoms with Gasteiger partial charge in [0.15, 0.2) is 0 Å². The first-order chi connectivity index (χ1) is 9.69. The maximum absolute atomic E-state index is 12.5. The average Bonchev–Trinajstić information content (AvgIpc) is 2.67. The molecule has 2 N–H and O–H groups in total. The van der Waals surface area contributed by atoms with Crippen molar-refractivity contribution in [2.24, 2.45) is 0 Å². The summed E-state index contributed by atoms with van der Waals surface area (Å²) in [4.78, 5) is 27.5. The molecule has 7 nitrogen and oxygen atoms in total. The molecule has 112 valence electrons. The molecule has 0 aliphatic carbocycles. The third kappa shape index (κ3) is 3.18. The molecule has 0 aliphatic rings. The summed E-state index contributed by atoms with van der Waals surface area (Å²) in [5.74, 6) is -1.35. The SMILES string of the molecule is Cc1cc(C(=O)NC(C)(C)CC(=O)O)c2c(C)noc2n1. The Labute approximate surface area is 121 Å². The maximum Gasteiger partial charge on any atom is 0.305 e. The van der Waals surface area contributed by atoms with Gasteiger partial charge in [0.2, 0.25) is 0 Å². The number of aryl methyl sites for hydroxylation is 2. The summed E-state index contributed by atoms with van der Waals surface area (Å²) in [7, 11) is 0. The highest BCUT2D eigenvalue weighted by Crippen LogP contribution is 2.22. The third-order valence-electron chi connectivity index (χ3n) is 3.03. The highest BCUT2D eigenvalue weighted by molar-refractivity contribution is 6.06. The minimum absolute atomic E-state index is 0.172.